The van der Waals surface area contributed by atoms with Gasteiger partial charge in [-0.1, -0.05) is 19.3 Å². The van der Waals surface area contributed by atoms with Gasteiger partial charge in [-0.15, -0.1) is 0 Å². The van der Waals surface area contributed by atoms with E-state index in [0.717, 1.165) is 32.2 Å². The molecule has 0 aromatic rings. The highest BCUT2D eigenvalue weighted by Gasteiger charge is 2.16. The fourth-order valence-corrected chi connectivity index (χ4v) is 1.85. The summed E-state index contributed by atoms with van der Waals surface area (Å²) < 4.78 is 10.9. The van der Waals surface area contributed by atoms with Gasteiger partial charge in [0.2, 0.25) is 0 Å². The highest BCUT2D eigenvalue weighted by atomic mass is 16.7. The van der Waals surface area contributed by atoms with Crippen LogP contribution in [0.5, 0.6) is 0 Å². The largest absolute Gasteiger partial charge is 0.352 e. The summed E-state index contributed by atoms with van der Waals surface area (Å²) >= 11 is 0. The highest BCUT2D eigenvalue weighted by Crippen LogP contribution is 2.28. The Labute approximate surface area is 93.5 Å². The average molecular weight is 215 g/mol. The third-order valence-corrected chi connectivity index (χ3v) is 2.97. The van der Waals surface area contributed by atoms with Crippen molar-refractivity contribution in [3.05, 3.63) is 0 Å². The zero-order chi connectivity index (χ0) is 10.9. The van der Waals surface area contributed by atoms with E-state index in [-0.39, 0.29) is 6.29 Å². The Kier molecular flexibility index (Phi) is 6.98. The van der Waals surface area contributed by atoms with Gasteiger partial charge in [0, 0.05) is 19.8 Å². The Bertz CT molecular complexity index is 143. The van der Waals surface area contributed by atoms with Crippen LogP contribution in [0.15, 0.2) is 0 Å². The van der Waals surface area contributed by atoms with Gasteiger partial charge < -0.3 is 14.8 Å². The summed E-state index contributed by atoms with van der Waals surface area (Å²) in [5, 5.41) is 3.40. The van der Waals surface area contributed by atoms with Crippen LogP contribution >= 0.6 is 0 Å². The molecule has 0 radical (unpaired) electrons. The van der Waals surface area contributed by atoms with Crippen LogP contribution in [0.1, 0.15) is 39.5 Å². The Morgan fingerprint density at radius 1 is 1.20 bits per heavy atom. The lowest BCUT2D eigenvalue weighted by Crippen LogP contribution is -2.33. The molecule has 0 spiro atoms. The van der Waals surface area contributed by atoms with Crippen LogP contribution in [0.4, 0.5) is 0 Å². The van der Waals surface area contributed by atoms with Crippen LogP contribution in [0.3, 0.4) is 0 Å². The molecule has 3 nitrogen and oxygen atoms in total. The molecule has 0 saturated heterocycles. The maximum Gasteiger partial charge on any atom is 0.169 e. The Morgan fingerprint density at radius 2 is 1.87 bits per heavy atom. The smallest absolute Gasteiger partial charge is 0.169 e. The number of hydrogen-bond acceptors (Lipinski definition) is 3. The van der Waals surface area contributed by atoms with Gasteiger partial charge in [0.1, 0.15) is 0 Å². The standard InChI is InChI=1S/C12H25NO2/c1-3-14-12(15-4-2)10-13-9-8-11-6-5-7-11/h11-13H,3-10H2,1-2H3. The van der Waals surface area contributed by atoms with E-state index in [4.69, 9.17) is 9.47 Å². The van der Waals surface area contributed by atoms with E-state index in [9.17, 15) is 0 Å². The molecule has 0 aromatic heterocycles. The number of hydrogen-bond donors (Lipinski definition) is 1. The summed E-state index contributed by atoms with van der Waals surface area (Å²) in [7, 11) is 0. The second kappa shape index (κ2) is 8.08. The van der Waals surface area contributed by atoms with Crippen molar-refractivity contribution in [2.24, 2.45) is 5.92 Å². The van der Waals surface area contributed by atoms with E-state index >= 15 is 0 Å². The van der Waals surface area contributed by atoms with Crippen molar-refractivity contribution >= 4 is 0 Å². The van der Waals surface area contributed by atoms with Crippen LogP contribution in [0.2, 0.25) is 0 Å². The van der Waals surface area contributed by atoms with Crippen molar-refractivity contribution in [3.8, 4) is 0 Å². The fraction of sp³-hybridized carbons (Fsp3) is 1.00. The molecule has 3 heteroatoms. The van der Waals surface area contributed by atoms with E-state index in [1.807, 2.05) is 13.8 Å². The van der Waals surface area contributed by atoms with Crippen molar-refractivity contribution in [1.82, 2.24) is 5.32 Å². The zero-order valence-electron chi connectivity index (χ0n) is 10.1. The van der Waals surface area contributed by atoms with E-state index in [1.165, 1.54) is 25.7 Å². The quantitative estimate of drug-likeness (QED) is 0.472. The third kappa shape index (κ3) is 5.50. The average Bonchev–Trinajstić information content (AvgIpc) is 2.15. The molecule has 1 aliphatic carbocycles. The van der Waals surface area contributed by atoms with Gasteiger partial charge in [0.25, 0.3) is 0 Å². The van der Waals surface area contributed by atoms with Gasteiger partial charge in [-0.3, -0.25) is 0 Å². The van der Waals surface area contributed by atoms with Gasteiger partial charge in [0.05, 0.1) is 0 Å². The molecule has 0 amide bonds. The number of ether oxygens (including phenoxy) is 2. The SMILES string of the molecule is CCOC(CNCCC1CCC1)OCC. The summed E-state index contributed by atoms with van der Waals surface area (Å²) in [4.78, 5) is 0. The molecule has 1 fully saturated rings. The van der Waals surface area contributed by atoms with Crippen molar-refractivity contribution < 1.29 is 9.47 Å². The zero-order valence-corrected chi connectivity index (χ0v) is 10.1. The first kappa shape index (κ1) is 12.9. The second-order valence-electron chi connectivity index (χ2n) is 4.13. The third-order valence-electron chi connectivity index (χ3n) is 2.97. The Hall–Kier alpha value is -0.120. The maximum absolute atomic E-state index is 5.45. The van der Waals surface area contributed by atoms with E-state index in [1.54, 1.807) is 0 Å². The van der Waals surface area contributed by atoms with Gasteiger partial charge in [-0.2, -0.15) is 0 Å². The fourth-order valence-electron chi connectivity index (χ4n) is 1.85. The molecule has 0 heterocycles. The molecule has 1 aliphatic rings. The van der Waals surface area contributed by atoms with Crippen LogP contribution in [0.25, 0.3) is 0 Å². The van der Waals surface area contributed by atoms with Crippen LogP contribution in [0, 0.1) is 5.92 Å². The minimum Gasteiger partial charge on any atom is -0.352 e. The lowest BCUT2D eigenvalue weighted by atomic mass is 9.83. The normalized spacial score (nSPS) is 17.0. The molecule has 1 rings (SSSR count). The van der Waals surface area contributed by atoms with Crippen LogP contribution < -0.4 is 5.32 Å². The molecule has 0 unspecified atom stereocenters. The number of nitrogens with one attached hydrogen (secondary N) is 1. The summed E-state index contributed by atoms with van der Waals surface area (Å²) in [6.07, 6.45) is 5.54. The molecule has 15 heavy (non-hydrogen) atoms. The predicted molar refractivity (Wildman–Crippen MR) is 61.9 cm³/mol. The van der Waals surface area contributed by atoms with Gasteiger partial charge in [-0.25, -0.2) is 0 Å². The molecular weight excluding hydrogens is 190 g/mol. The maximum atomic E-state index is 5.45. The van der Waals surface area contributed by atoms with E-state index in [2.05, 4.69) is 5.32 Å². The summed E-state index contributed by atoms with van der Waals surface area (Å²) in [6.45, 7) is 7.35. The van der Waals surface area contributed by atoms with Crippen molar-refractivity contribution in [1.29, 1.82) is 0 Å². The highest BCUT2D eigenvalue weighted by molar-refractivity contribution is 4.70. The monoisotopic (exact) mass is 215 g/mol. The topological polar surface area (TPSA) is 30.5 Å². The molecule has 0 bridgehead atoms. The Balaban J connectivity index is 1.94. The van der Waals surface area contributed by atoms with Crippen LogP contribution in [-0.4, -0.2) is 32.6 Å². The molecular formula is C12H25NO2. The molecule has 0 aromatic carbocycles. The first-order valence-electron chi connectivity index (χ1n) is 6.30. The van der Waals surface area contributed by atoms with E-state index < -0.39 is 0 Å². The van der Waals surface area contributed by atoms with Crippen molar-refractivity contribution in [3.63, 3.8) is 0 Å². The van der Waals surface area contributed by atoms with Crippen LogP contribution in [-0.2, 0) is 9.47 Å². The molecule has 1 N–H and O–H groups in total. The van der Waals surface area contributed by atoms with Gasteiger partial charge >= 0.3 is 0 Å². The number of rotatable bonds is 9. The molecule has 0 aliphatic heterocycles. The Morgan fingerprint density at radius 3 is 2.33 bits per heavy atom. The first-order chi connectivity index (χ1) is 7.36. The minimum absolute atomic E-state index is 0.0682. The molecule has 90 valence electrons. The molecule has 0 atom stereocenters. The van der Waals surface area contributed by atoms with Crippen molar-refractivity contribution in [2.75, 3.05) is 26.3 Å². The van der Waals surface area contributed by atoms with Crippen molar-refractivity contribution in [2.45, 2.75) is 45.8 Å². The van der Waals surface area contributed by atoms with E-state index in [0.29, 0.717) is 0 Å². The summed E-state index contributed by atoms with van der Waals surface area (Å²) in [5.41, 5.74) is 0. The lowest BCUT2D eigenvalue weighted by molar-refractivity contribution is -0.132. The predicted octanol–water partition coefficient (Wildman–Crippen LogP) is 2.17. The second-order valence-corrected chi connectivity index (χ2v) is 4.13. The van der Waals surface area contributed by atoms with Gasteiger partial charge in [0.15, 0.2) is 6.29 Å². The lowest BCUT2D eigenvalue weighted by Gasteiger charge is -2.25. The van der Waals surface area contributed by atoms with Gasteiger partial charge in [-0.05, 0) is 32.7 Å². The molecule has 1 saturated carbocycles. The summed E-state index contributed by atoms with van der Waals surface area (Å²) in [6, 6.07) is 0. The summed E-state index contributed by atoms with van der Waals surface area (Å²) in [5.74, 6) is 0.982. The minimum atomic E-state index is -0.0682. The first-order valence-corrected chi connectivity index (χ1v) is 6.30.